The first-order valence-corrected chi connectivity index (χ1v) is 10.4. The van der Waals surface area contributed by atoms with Gasteiger partial charge in [0.25, 0.3) is 6.43 Å². The number of piperazine rings is 1. The summed E-state index contributed by atoms with van der Waals surface area (Å²) in [5.74, 6) is 0.775. The summed E-state index contributed by atoms with van der Waals surface area (Å²) in [6, 6.07) is 6.55. The van der Waals surface area contributed by atoms with E-state index in [1.54, 1.807) is 18.5 Å². The number of aliphatic hydroxyl groups is 1. The minimum absolute atomic E-state index is 0.0229. The molecule has 0 spiro atoms. The monoisotopic (exact) mass is 430 g/mol. The number of likely N-dealkylation sites (N-methyl/N-ethyl adjacent to an activating group) is 1. The molecule has 1 aliphatic heterocycles. The van der Waals surface area contributed by atoms with Crippen LogP contribution in [0.15, 0.2) is 36.7 Å². The number of aromatic nitrogens is 4. The molecule has 9 heteroatoms. The zero-order valence-corrected chi connectivity index (χ0v) is 18.2. The van der Waals surface area contributed by atoms with Gasteiger partial charge in [-0.05, 0) is 36.7 Å². The normalized spacial score (nSPS) is 19.4. The topological polar surface area (TPSA) is 69.8 Å². The Kier molecular flexibility index (Phi) is 5.65. The highest BCUT2D eigenvalue weighted by Crippen LogP contribution is 2.29. The largest absolute Gasteiger partial charge is 0.391 e. The predicted molar refractivity (Wildman–Crippen MR) is 115 cm³/mol. The quantitative estimate of drug-likeness (QED) is 0.685. The lowest BCUT2D eigenvalue weighted by Crippen LogP contribution is -2.59. The van der Waals surface area contributed by atoms with E-state index in [1.165, 1.54) is 10.6 Å². The molecule has 0 aliphatic carbocycles. The second-order valence-electron chi connectivity index (χ2n) is 9.18. The van der Waals surface area contributed by atoms with Gasteiger partial charge < -0.3 is 10.0 Å². The van der Waals surface area contributed by atoms with Gasteiger partial charge in [-0.1, -0.05) is 20.8 Å². The van der Waals surface area contributed by atoms with E-state index in [9.17, 15) is 13.9 Å². The maximum Gasteiger partial charge on any atom is 0.282 e. The van der Waals surface area contributed by atoms with Crippen LogP contribution < -0.4 is 4.90 Å². The first-order chi connectivity index (χ1) is 14.6. The Morgan fingerprint density at radius 2 is 1.90 bits per heavy atom. The lowest BCUT2D eigenvalue weighted by molar-refractivity contribution is -0.0146. The first kappa shape index (κ1) is 21.6. The molecule has 0 amide bonds. The molecule has 4 rings (SSSR count). The number of fused-ring (bicyclic) bond motifs is 1. The van der Waals surface area contributed by atoms with Crippen LogP contribution in [0.25, 0.3) is 16.9 Å². The summed E-state index contributed by atoms with van der Waals surface area (Å²) >= 11 is 0. The number of halogens is 2. The van der Waals surface area contributed by atoms with Gasteiger partial charge in [-0.3, -0.25) is 4.90 Å². The van der Waals surface area contributed by atoms with Crippen molar-refractivity contribution in [2.24, 2.45) is 5.41 Å². The van der Waals surface area contributed by atoms with Crippen LogP contribution in [-0.2, 0) is 0 Å². The molecular formula is C22H28F2N6O. The molecule has 3 aromatic rings. The number of hydrogen-bond donors (Lipinski definition) is 1. The van der Waals surface area contributed by atoms with E-state index in [-0.39, 0.29) is 17.2 Å². The first-order valence-electron chi connectivity index (χ1n) is 10.4. The Morgan fingerprint density at radius 3 is 2.61 bits per heavy atom. The van der Waals surface area contributed by atoms with Crippen molar-refractivity contribution in [3.63, 3.8) is 0 Å². The molecule has 2 atom stereocenters. The SMILES string of the molecule is CN1CCN(c2cc(-c3cnc4ccc(C(F)F)nn34)ccn2)CC1C(O)C(C)(C)C. The fraction of sp³-hybridized carbons (Fsp3) is 0.500. The number of alkyl halides is 2. The fourth-order valence-electron chi connectivity index (χ4n) is 3.98. The van der Waals surface area contributed by atoms with Crippen molar-refractivity contribution in [3.8, 4) is 11.3 Å². The van der Waals surface area contributed by atoms with Crippen molar-refractivity contribution >= 4 is 11.5 Å². The Bertz CT molecular complexity index is 1060. The van der Waals surface area contributed by atoms with Crippen LogP contribution in [-0.4, -0.2) is 68.4 Å². The van der Waals surface area contributed by atoms with Crippen LogP contribution in [0.4, 0.5) is 14.6 Å². The lowest BCUT2D eigenvalue weighted by atomic mass is 9.83. The van der Waals surface area contributed by atoms with Gasteiger partial charge in [0.2, 0.25) is 0 Å². The summed E-state index contributed by atoms with van der Waals surface area (Å²) in [4.78, 5) is 13.2. The zero-order chi connectivity index (χ0) is 22.3. The molecule has 0 radical (unpaired) electrons. The number of hydrogen-bond acceptors (Lipinski definition) is 6. The summed E-state index contributed by atoms with van der Waals surface area (Å²) in [5.41, 5.74) is 1.40. The second kappa shape index (κ2) is 8.12. The van der Waals surface area contributed by atoms with Gasteiger partial charge in [-0.25, -0.2) is 23.3 Å². The van der Waals surface area contributed by atoms with E-state index in [0.29, 0.717) is 17.9 Å². The van der Waals surface area contributed by atoms with Gasteiger partial charge >= 0.3 is 0 Å². The highest BCUT2D eigenvalue weighted by molar-refractivity contribution is 5.66. The van der Waals surface area contributed by atoms with E-state index in [4.69, 9.17) is 0 Å². The van der Waals surface area contributed by atoms with Gasteiger partial charge in [-0.15, -0.1) is 0 Å². The van der Waals surface area contributed by atoms with Crippen molar-refractivity contribution < 1.29 is 13.9 Å². The van der Waals surface area contributed by atoms with Gasteiger partial charge in [0, 0.05) is 31.4 Å². The van der Waals surface area contributed by atoms with Crippen molar-refractivity contribution in [3.05, 3.63) is 42.4 Å². The number of anilines is 1. The average molecular weight is 431 g/mol. The van der Waals surface area contributed by atoms with Crippen LogP contribution in [0.1, 0.15) is 32.9 Å². The highest BCUT2D eigenvalue weighted by atomic mass is 19.3. The minimum Gasteiger partial charge on any atom is -0.391 e. The smallest absolute Gasteiger partial charge is 0.282 e. The van der Waals surface area contributed by atoms with Gasteiger partial charge in [0.15, 0.2) is 5.65 Å². The minimum atomic E-state index is -2.65. The van der Waals surface area contributed by atoms with Crippen LogP contribution >= 0.6 is 0 Å². The number of pyridine rings is 1. The summed E-state index contributed by atoms with van der Waals surface area (Å²) in [7, 11) is 2.03. The molecule has 0 bridgehead atoms. The number of rotatable bonds is 4. The molecule has 2 unspecified atom stereocenters. The molecule has 1 aliphatic rings. The lowest BCUT2D eigenvalue weighted by Gasteiger charge is -2.45. The molecule has 0 saturated carbocycles. The molecular weight excluding hydrogens is 402 g/mol. The Balaban J connectivity index is 1.65. The molecule has 1 fully saturated rings. The third-order valence-corrected chi connectivity index (χ3v) is 5.92. The third kappa shape index (κ3) is 4.24. The van der Waals surface area contributed by atoms with Crippen LogP contribution in [0.2, 0.25) is 0 Å². The summed E-state index contributed by atoms with van der Waals surface area (Å²) in [5, 5.41) is 14.9. The fourth-order valence-corrected chi connectivity index (χ4v) is 3.98. The maximum atomic E-state index is 13.1. The van der Waals surface area contributed by atoms with Gasteiger partial charge in [0.1, 0.15) is 11.5 Å². The van der Waals surface area contributed by atoms with E-state index >= 15 is 0 Å². The number of imidazole rings is 1. The van der Waals surface area contributed by atoms with Crippen molar-refractivity contribution in [1.82, 2.24) is 24.5 Å². The van der Waals surface area contributed by atoms with E-state index < -0.39 is 12.5 Å². The Morgan fingerprint density at radius 1 is 1.13 bits per heavy atom. The summed E-state index contributed by atoms with van der Waals surface area (Å²) in [6.45, 7) is 8.34. The highest BCUT2D eigenvalue weighted by Gasteiger charge is 2.36. The van der Waals surface area contributed by atoms with Crippen molar-refractivity contribution in [2.75, 3.05) is 31.6 Å². The van der Waals surface area contributed by atoms with E-state index in [1.807, 2.05) is 40.0 Å². The molecule has 7 nitrogen and oxygen atoms in total. The molecule has 1 saturated heterocycles. The van der Waals surface area contributed by atoms with E-state index in [0.717, 1.165) is 24.5 Å². The Labute approximate surface area is 180 Å². The van der Waals surface area contributed by atoms with Crippen LogP contribution in [0.5, 0.6) is 0 Å². The average Bonchev–Trinajstić information content (AvgIpc) is 3.16. The standard InChI is InChI=1S/C22H28F2N6O/c1-22(2,3)20(31)17-13-29(10-9-28(17)4)19-11-14(7-8-25-19)16-12-26-18-6-5-15(21(23)24)27-30(16)18/h5-8,11-12,17,20-21,31H,9-10,13H2,1-4H3. The maximum absolute atomic E-state index is 13.1. The van der Waals surface area contributed by atoms with Crippen LogP contribution in [0.3, 0.4) is 0 Å². The van der Waals surface area contributed by atoms with Crippen molar-refractivity contribution in [2.45, 2.75) is 39.3 Å². The predicted octanol–water partition coefficient (Wildman–Crippen LogP) is 3.26. The number of nitrogens with zero attached hydrogens (tertiary/aromatic N) is 6. The van der Waals surface area contributed by atoms with Crippen molar-refractivity contribution in [1.29, 1.82) is 0 Å². The second-order valence-corrected chi connectivity index (χ2v) is 9.18. The Hall–Kier alpha value is -2.65. The van der Waals surface area contributed by atoms with E-state index in [2.05, 4.69) is 24.9 Å². The molecule has 166 valence electrons. The van der Waals surface area contributed by atoms with Gasteiger partial charge in [0.05, 0.1) is 24.0 Å². The molecule has 0 aromatic carbocycles. The van der Waals surface area contributed by atoms with Crippen LogP contribution in [0, 0.1) is 5.41 Å². The zero-order valence-electron chi connectivity index (χ0n) is 18.2. The molecule has 31 heavy (non-hydrogen) atoms. The molecule has 4 heterocycles. The number of aliphatic hydroxyl groups excluding tert-OH is 1. The summed E-state index contributed by atoms with van der Waals surface area (Å²) in [6.07, 6.45) is 0.199. The summed E-state index contributed by atoms with van der Waals surface area (Å²) < 4.78 is 27.7. The molecule has 3 aromatic heterocycles. The third-order valence-electron chi connectivity index (χ3n) is 5.92. The van der Waals surface area contributed by atoms with Gasteiger partial charge in [-0.2, -0.15) is 5.10 Å². The molecule has 1 N–H and O–H groups in total.